The minimum Gasteiger partial charge on any atom is -0.319 e. The van der Waals surface area contributed by atoms with Crippen LogP contribution in [0.2, 0.25) is 10.4 Å². The lowest BCUT2D eigenvalue weighted by Crippen LogP contribution is -2.29. The number of rotatable bonds is 3. The number of halogens is 2. The average Bonchev–Trinajstić information content (AvgIpc) is 2.53. The van der Waals surface area contributed by atoms with Crippen LogP contribution in [-0.2, 0) is 13.6 Å². The largest absolute Gasteiger partial charge is 0.319 e. The number of imidazole rings is 1. The van der Waals surface area contributed by atoms with Gasteiger partial charge in [0.2, 0.25) is 5.28 Å². The summed E-state index contributed by atoms with van der Waals surface area (Å²) in [6.07, 6.45) is 7.87. The second-order valence-electron chi connectivity index (χ2n) is 4.04. The van der Waals surface area contributed by atoms with Crippen molar-refractivity contribution in [2.75, 3.05) is 0 Å². The molecule has 16 heavy (non-hydrogen) atoms. The zero-order chi connectivity index (χ0) is 11.5. The van der Waals surface area contributed by atoms with E-state index in [4.69, 9.17) is 23.2 Å². The van der Waals surface area contributed by atoms with Crippen LogP contribution in [0.25, 0.3) is 0 Å². The Balaban J connectivity index is 1.96. The van der Waals surface area contributed by atoms with E-state index in [2.05, 4.69) is 22.5 Å². The highest BCUT2D eigenvalue weighted by molar-refractivity contribution is 6.32. The third-order valence-electron chi connectivity index (χ3n) is 2.94. The van der Waals surface area contributed by atoms with E-state index in [1.54, 1.807) is 0 Å². The zero-order valence-electron chi connectivity index (χ0n) is 9.21. The number of nitrogens with zero attached hydrogens (tertiary/aromatic N) is 2. The maximum absolute atomic E-state index is 6.00. The lowest BCUT2D eigenvalue weighted by atomic mass is 10.0. The van der Waals surface area contributed by atoms with Crippen molar-refractivity contribution in [3.8, 4) is 0 Å². The van der Waals surface area contributed by atoms with Gasteiger partial charge >= 0.3 is 0 Å². The molecule has 1 aromatic heterocycles. The average molecular weight is 260 g/mol. The minimum absolute atomic E-state index is 0.435. The predicted molar refractivity (Wildman–Crippen MR) is 66.8 cm³/mol. The summed E-state index contributed by atoms with van der Waals surface area (Å²) in [5, 5.41) is 4.41. The van der Waals surface area contributed by atoms with Crippen molar-refractivity contribution in [1.82, 2.24) is 14.9 Å². The number of hydrogen-bond acceptors (Lipinski definition) is 2. The zero-order valence-corrected chi connectivity index (χ0v) is 10.7. The van der Waals surface area contributed by atoms with Crippen molar-refractivity contribution in [2.24, 2.45) is 7.05 Å². The second-order valence-corrected chi connectivity index (χ2v) is 4.74. The quantitative estimate of drug-likeness (QED) is 0.847. The normalized spacial score (nSPS) is 20.3. The Labute approximate surface area is 105 Å². The van der Waals surface area contributed by atoms with Gasteiger partial charge in [0.25, 0.3) is 0 Å². The Morgan fingerprint density at radius 2 is 2.31 bits per heavy atom. The third-order valence-corrected chi connectivity index (χ3v) is 3.58. The van der Waals surface area contributed by atoms with Gasteiger partial charge in [0.1, 0.15) is 0 Å². The first kappa shape index (κ1) is 12.0. The summed E-state index contributed by atoms with van der Waals surface area (Å²) in [6, 6.07) is 0.537. The molecule has 0 aliphatic heterocycles. The van der Waals surface area contributed by atoms with Crippen LogP contribution < -0.4 is 5.32 Å². The van der Waals surface area contributed by atoms with Gasteiger partial charge in [-0.2, -0.15) is 0 Å². The van der Waals surface area contributed by atoms with Crippen LogP contribution in [0.4, 0.5) is 0 Å². The van der Waals surface area contributed by atoms with Gasteiger partial charge in [-0.1, -0.05) is 23.8 Å². The lowest BCUT2D eigenvalue weighted by Gasteiger charge is -2.19. The van der Waals surface area contributed by atoms with Gasteiger partial charge in [0.15, 0.2) is 5.15 Å². The van der Waals surface area contributed by atoms with Gasteiger partial charge < -0.3 is 9.88 Å². The minimum atomic E-state index is 0.435. The van der Waals surface area contributed by atoms with E-state index in [-0.39, 0.29) is 0 Å². The molecule has 1 atom stereocenters. The molecule has 0 saturated carbocycles. The molecule has 1 unspecified atom stereocenters. The molecule has 1 aromatic rings. The summed E-state index contributed by atoms with van der Waals surface area (Å²) in [5.41, 5.74) is 0.946. The number of allylic oxidation sites excluding steroid dienone is 1. The Kier molecular flexibility index (Phi) is 3.90. The molecule has 2 rings (SSSR count). The van der Waals surface area contributed by atoms with E-state index in [1.807, 2.05) is 11.6 Å². The molecule has 1 aliphatic carbocycles. The Bertz CT molecular complexity index is 398. The molecular formula is C11H15Cl2N3. The fourth-order valence-electron chi connectivity index (χ4n) is 1.88. The number of hydrogen-bond donors (Lipinski definition) is 1. The first-order valence-electron chi connectivity index (χ1n) is 5.43. The maximum Gasteiger partial charge on any atom is 0.204 e. The van der Waals surface area contributed by atoms with Crippen molar-refractivity contribution in [1.29, 1.82) is 0 Å². The Morgan fingerprint density at radius 3 is 2.88 bits per heavy atom. The van der Waals surface area contributed by atoms with E-state index in [0.29, 0.717) is 23.0 Å². The molecule has 1 aliphatic rings. The molecule has 0 saturated heterocycles. The second kappa shape index (κ2) is 5.21. The highest BCUT2D eigenvalue weighted by Gasteiger charge is 2.14. The Hall–Kier alpha value is -0.510. The molecule has 0 aromatic carbocycles. The molecule has 5 heteroatoms. The monoisotopic (exact) mass is 259 g/mol. The fraction of sp³-hybridized carbons (Fsp3) is 0.545. The molecule has 0 spiro atoms. The first-order chi connectivity index (χ1) is 7.68. The topological polar surface area (TPSA) is 29.9 Å². The van der Waals surface area contributed by atoms with Crippen molar-refractivity contribution in [3.63, 3.8) is 0 Å². The van der Waals surface area contributed by atoms with Gasteiger partial charge in [-0.05, 0) is 30.9 Å². The van der Waals surface area contributed by atoms with Crippen molar-refractivity contribution in [3.05, 3.63) is 28.3 Å². The SMILES string of the molecule is Cn1c(Cl)nc(Cl)c1CNC1CC=CCC1. The van der Waals surface area contributed by atoms with Crippen molar-refractivity contribution < 1.29 is 0 Å². The fourth-order valence-corrected chi connectivity index (χ4v) is 2.39. The van der Waals surface area contributed by atoms with Crippen molar-refractivity contribution in [2.45, 2.75) is 31.8 Å². The summed E-state index contributed by atoms with van der Waals surface area (Å²) < 4.78 is 1.82. The van der Waals surface area contributed by atoms with E-state index in [0.717, 1.165) is 18.5 Å². The summed E-state index contributed by atoms with van der Waals surface area (Å²) in [5.74, 6) is 0. The van der Waals surface area contributed by atoms with Gasteiger partial charge in [-0.15, -0.1) is 0 Å². The van der Waals surface area contributed by atoms with E-state index >= 15 is 0 Å². The first-order valence-corrected chi connectivity index (χ1v) is 6.19. The van der Waals surface area contributed by atoms with Crippen LogP contribution >= 0.6 is 23.2 Å². The van der Waals surface area contributed by atoms with Crippen LogP contribution in [0, 0.1) is 0 Å². The molecule has 0 fully saturated rings. The van der Waals surface area contributed by atoms with E-state index in [1.165, 1.54) is 6.42 Å². The van der Waals surface area contributed by atoms with E-state index in [9.17, 15) is 0 Å². The van der Waals surface area contributed by atoms with Crippen molar-refractivity contribution >= 4 is 23.2 Å². The van der Waals surface area contributed by atoms with Crippen LogP contribution in [0.1, 0.15) is 25.0 Å². The lowest BCUT2D eigenvalue weighted by molar-refractivity contribution is 0.467. The standard InChI is InChI=1S/C11H15Cl2N3/c1-16-9(10(12)15-11(16)13)7-14-8-5-3-2-4-6-8/h2-3,8,14H,4-7H2,1H3. The van der Waals surface area contributed by atoms with Crippen LogP contribution in [0.3, 0.4) is 0 Å². The van der Waals surface area contributed by atoms with Crippen LogP contribution in [0.15, 0.2) is 12.2 Å². The summed E-state index contributed by atoms with van der Waals surface area (Å²) in [6.45, 7) is 0.716. The smallest absolute Gasteiger partial charge is 0.204 e. The van der Waals surface area contributed by atoms with Crippen LogP contribution in [-0.4, -0.2) is 15.6 Å². The molecule has 0 bridgehead atoms. The molecular weight excluding hydrogens is 245 g/mol. The highest BCUT2D eigenvalue weighted by Crippen LogP contribution is 2.20. The van der Waals surface area contributed by atoms with Gasteiger partial charge in [-0.3, -0.25) is 0 Å². The third kappa shape index (κ3) is 2.59. The molecule has 88 valence electrons. The summed E-state index contributed by atoms with van der Waals surface area (Å²) in [7, 11) is 1.87. The highest BCUT2D eigenvalue weighted by atomic mass is 35.5. The van der Waals surface area contributed by atoms with Gasteiger partial charge in [-0.25, -0.2) is 4.98 Å². The Morgan fingerprint density at radius 1 is 1.50 bits per heavy atom. The summed E-state index contributed by atoms with van der Waals surface area (Å²) >= 11 is 11.9. The maximum atomic E-state index is 6.00. The van der Waals surface area contributed by atoms with Gasteiger partial charge in [0, 0.05) is 19.6 Å². The molecule has 0 amide bonds. The molecule has 3 nitrogen and oxygen atoms in total. The van der Waals surface area contributed by atoms with Gasteiger partial charge in [0.05, 0.1) is 5.69 Å². The molecule has 1 N–H and O–H groups in total. The molecule has 0 radical (unpaired) electrons. The summed E-state index contributed by atoms with van der Waals surface area (Å²) in [4.78, 5) is 4.01. The molecule has 1 heterocycles. The number of aromatic nitrogens is 2. The predicted octanol–water partition coefficient (Wildman–Crippen LogP) is 2.93. The van der Waals surface area contributed by atoms with E-state index < -0.39 is 0 Å². The number of nitrogens with one attached hydrogen (secondary N) is 1. The van der Waals surface area contributed by atoms with Crippen LogP contribution in [0.5, 0.6) is 0 Å².